The Morgan fingerprint density at radius 1 is 0.376 bits per heavy atom. The first kappa shape index (κ1) is 108. The van der Waals surface area contributed by atoms with E-state index < -0.39 is 45.4 Å². The van der Waals surface area contributed by atoms with Crippen LogP contribution in [-0.4, -0.2) is 148 Å². The maximum Gasteiger partial charge on any atom is 0.264 e. The minimum atomic E-state index is -3.31. The number of nitrogens with one attached hydrogen (secondary N) is 3. The summed E-state index contributed by atoms with van der Waals surface area (Å²) in [6, 6.07) is 97.3. The molecule has 0 radical (unpaired) electrons. The summed E-state index contributed by atoms with van der Waals surface area (Å²) >= 11 is 17.6. The second kappa shape index (κ2) is 54.7. The van der Waals surface area contributed by atoms with E-state index in [-0.39, 0.29) is 129 Å². The average molecular weight is 1980 g/mol. The van der Waals surface area contributed by atoms with Gasteiger partial charge in [0, 0.05) is 57.0 Å². The van der Waals surface area contributed by atoms with Crippen molar-refractivity contribution in [2.45, 2.75) is 103 Å². The van der Waals surface area contributed by atoms with Gasteiger partial charge in [-0.15, -0.1) is 0 Å². The van der Waals surface area contributed by atoms with E-state index in [0.29, 0.717) is 71.7 Å². The number of imide groups is 3. The number of aromatic nitrogens is 3. The first-order valence-corrected chi connectivity index (χ1v) is 48.5. The van der Waals surface area contributed by atoms with E-state index in [0.717, 1.165) is 83.7 Å². The number of halogens is 6. The molecule has 6 amide bonds. The van der Waals surface area contributed by atoms with Gasteiger partial charge in [-0.1, -0.05) is 311 Å². The van der Waals surface area contributed by atoms with Crippen molar-refractivity contribution >= 4 is 97.8 Å². The smallest absolute Gasteiger partial charge is 0.264 e. The van der Waals surface area contributed by atoms with Gasteiger partial charge in [-0.05, 0) is 163 Å². The van der Waals surface area contributed by atoms with Crippen LogP contribution in [0.2, 0.25) is 15.5 Å². The fourth-order valence-electron chi connectivity index (χ4n) is 15.3. The average Bonchev–Trinajstić information content (AvgIpc) is 1.64. The molecule has 16 rings (SSSR count). The molecular formula is C110H108Cl3F3N14O10S. The zero-order valence-corrected chi connectivity index (χ0v) is 81.4. The van der Waals surface area contributed by atoms with Crippen molar-refractivity contribution < 1.29 is 59.6 Å². The van der Waals surface area contributed by atoms with Gasteiger partial charge < -0.3 is 32.5 Å². The van der Waals surface area contributed by atoms with E-state index in [1.807, 2.05) is 215 Å². The number of amides is 6. The van der Waals surface area contributed by atoms with Crippen LogP contribution in [0.4, 0.5) is 30.6 Å². The van der Waals surface area contributed by atoms with Crippen LogP contribution in [0.25, 0.3) is 0 Å². The summed E-state index contributed by atoms with van der Waals surface area (Å²) in [4.78, 5) is 90.2. The lowest BCUT2D eigenvalue weighted by atomic mass is 10.0. The van der Waals surface area contributed by atoms with E-state index in [1.165, 1.54) is 26.5 Å². The van der Waals surface area contributed by atoms with Crippen molar-refractivity contribution in [3.63, 3.8) is 0 Å². The molecular weight excluding hydrogens is 1870 g/mol. The van der Waals surface area contributed by atoms with Crippen LogP contribution in [0, 0.1) is 69.2 Å². The topological polar surface area (TPSA) is 374 Å². The highest BCUT2D eigenvalue weighted by Gasteiger charge is 2.39. The first-order valence-electron chi connectivity index (χ1n) is 45.5. The number of hydrogen-bond acceptors (Lipinski definition) is 21. The van der Waals surface area contributed by atoms with Gasteiger partial charge in [0.2, 0.25) is 0 Å². The maximum atomic E-state index is 14.5. The number of fused-ring (bicyclic) bond motifs is 3. The van der Waals surface area contributed by atoms with Crippen LogP contribution >= 0.6 is 34.8 Å². The second-order valence-corrected chi connectivity index (χ2v) is 36.6. The number of aliphatic hydroxyl groups is 1. The molecule has 0 fully saturated rings. The number of rotatable bonds is 32. The van der Waals surface area contributed by atoms with Crippen LogP contribution in [0.15, 0.2) is 303 Å². The minimum Gasteiger partial charge on any atom is -0.396 e. The molecule has 31 heteroatoms. The number of nitrogens with zero attached hydrogens (tertiary/aromatic N) is 9. The molecule has 0 spiro atoms. The number of benzene rings is 10. The summed E-state index contributed by atoms with van der Waals surface area (Å²) in [6.45, 7) is 9.63. The van der Waals surface area contributed by atoms with Gasteiger partial charge in [0.1, 0.15) is 33.7 Å². The second-order valence-electron chi connectivity index (χ2n) is 33.8. The van der Waals surface area contributed by atoms with Crippen molar-refractivity contribution in [3.05, 3.63) is 425 Å². The molecule has 726 valence electrons. The zero-order valence-electron chi connectivity index (χ0n) is 78.3. The first-order chi connectivity index (χ1) is 67.9. The lowest BCUT2D eigenvalue weighted by molar-refractivity contribution is 0.0621. The van der Waals surface area contributed by atoms with E-state index in [1.54, 1.807) is 84.9 Å². The van der Waals surface area contributed by atoms with Gasteiger partial charge >= 0.3 is 0 Å². The molecule has 0 unspecified atom stereocenters. The Morgan fingerprint density at radius 3 is 0.915 bits per heavy atom. The third kappa shape index (κ3) is 33.0. The number of hydrogen-bond donors (Lipinski definition) is 6. The zero-order chi connectivity index (χ0) is 101. The Labute approximate surface area is 834 Å². The number of nitriles is 3. The number of anilines is 3. The largest absolute Gasteiger partial charge is 0.396 e. The summed E-state index contributed by atoms with van der Waals surface area (Å²) in [5.41, 5.74) is 22.4. The monoisotopic (exact) mass is 1980 g/mol. The molecule has 3 aromatic heterocycles. The molecule has 0 bridgehead atoms. The highest BCUT2D eigenvalue weighted by molar-refractivity contribution is 7.86. The van der Waals surface area contributed by atoms with Crippen molar-refractivity contribution in [2.75, 3.05) is 61.6 Å². The Kier molecular flexibility index (Phi) is 42.0. The summed E-state index contributed by atoms with van der Waals surface area (Å²) in [7, 11) is -3.31. The van der Waals surface area contributed by atoms with Crippen molar-refractivity contribution in [1.82, 2.24) is 29.7 Å². The summed E-state index contributed by atoms with van der Waals surface area (Å²) < 4.78 is 68.6. The van der Waals surface area contributed by atoms with Crippen LogP contribution in [-0.2, 0) is 59.2 Å². The van der Waals surface area contributed by atoms with E-state index in [4.69, 9.17) is 71.3 Å². The third-order valence-electron chi connectivity index (χ3n) is 22.4. The van der Waals surface area contributed by atoms with Crippen LogP contribution < -0.4 is 27.4 Å². The van der Waals surface area contributed by atoms with Gasteiger partial charge in [0.15, 0.2) is 34.9 Å². The Bertz CT molecular complexity index is 6290. The van der Waals surface area contributed by atoms with E-state index >= 15 is 0 Å². The molecule has 13 aromatic rings. The number of carbonyl (C=O) groups is 6. The Morgan fingerprint density at radius 2 is 0.624 bits per heavy atom. The maximum absolute atomic E-state index is 14.5. The number of nitrogens with two attached hydrogens (primary N) is 2. The molecule has 7 atom stereocenters. The number of aliphatic hydroxyl groups excluding tert-OH is 1. The summed E-state index contributed by atoms with van der Waals surface area (Å²) in [5, 5.41) is 44.2. The molecule has 0 saturated heterocycles. The van der Waals surface area contributed by atoms with E-state index in [2.05, 4.69) is 62.1 Å². The molecule has 141 heavy (non-hydrogen) atoms. The summed E-state index contributed by atoms with van der Waals surface area (Å²) in [6.07, 6.45) is 6.96. The van der Waals surface area contributed by atoms with Gasteiger partial charge in [-0.2, -0.15) is 24.2 Å². The molecule has 0 saturated carbocycles. The molecule has 24 nitrogen and oxygen atoms in total. The third-order valence-corrected chi connectivity index (χ3v) is 23.8. The quantitative estimate of drug-likeness (QED) is 0.0130. The lowest BCUT2D eigenvalue weighted by Crippen LogP contribution is -2.41. The predicted molar refractivity (Wildman–Crippen MR) is 543 cm³/mol. The minimum absolute atomic E-state index is 0.0000184. The number of carbonyl (C=O) groups excluding carboxylic acids is 6. The molecule has 8 N–H and O–H groups in total. The molecule has 3 aliphatic rings. The molecule has 0 aliphatic carbocycles. The Balaban J connectivity index is 0.000000172. The van der Waals surface area contributed by atoms with Crippen molar-refractivity contribution in [1.29, 1.82) is 15.8 Å². The van der Waals surface area contributed by atoms with E-state index in [9.17, 15) is 50.4 Å². The SMILES string of the molecule is CC[C@@H](Cc1ccccc1)Nc1nc(Cl)c(C#N)cc1F.C[C@@H](CO)Cc1ccccc1.C[C@@H](COS(C)(=O)=O)Cc1ccccc1.C[C@H](Cc1ccccc1)CN1C(=O)c2ccccc2C1=O.N#Cc1cc(F)c(N[C@@H](CN)Cc2ccccc2)nc1Cl.N#Cc1cc(F)c(N[C@H](Cc2ccccc2)CN2C(=O)c3ccccc3C2=O)nc1Cl.N[C@H](Cc1ccccc1)CN1C(=O)c2ccccc2C1=O. The highest BCUT2D eigenvalue weighted by Crippen LogP contribution is 2.31. The van der Waals surface area contributed by atoms with Crippen LogP contribution in [0.5, 0.6) is 0 Å². The van der Waals surface area contributed by atoms with Crippen LogP contribution in [0.1, 0.15) is 152 Å². The summed E-state index contributed by atoms with van der Waals surface area (Å²) in [5.74, 6) is -2.84. The molecule has 10 aromatic carbocycles. The van der Waals surface area contributed by atoms with Gasteiger partial charge in [-0.25, -0.2) is 28.1 Å². The van der Waals surface area contributed by atoms with Crippen molar-refractivity contribution in [3.8, 4) is 18.2 Å². The van der Waals surface area contributed by atoms with Crippen LogP contribution in [0.3, 0.4) is 0 Å². The number of pyridine rings is 3. The Hall–Kier alpha value is -14.6. The fourth-order valence-corrected chi connectivity index (χ4v) is 16.3. The fraction of sp³-hybridized carbons (Fsp3) is 0.236. The van der Waals surface area contributed by atoms with Gasteiger partial charge in [-0.3, -0.25) is 47.7 Å². The molecule has 6 heterocycles. The predicted octanol–water partition coefficient (Wildman–Crippen LogP) is 19.7. The normalized spacial score (nSPS) is 13.5. The van der Waals surface area contributed by atoms with Gasteiger partial charge in [0.25, 0.3) is 45.6 Å². The van der Waals surface area contributed by atoms with Crippen molar-refractivity contribution in [2.24, 2.45) is 29.2 Å². The van der Waals surface area contributed by atoms with Gasteiger partial charge in [0.05, 0.1) is 62.9 Å². The molecule has 3 aliphatic heterocycles. The highest BCUT2D eigenvalue weighted by atomic mass is 35.5. The standard InChI is InChI=1S/C23H16ClFN4O2.C18H17NO2.C17H16N2O2.C16H15ClFN3.C15H14ClFN4.C11H16O3S.C10H14O/c24-20-15(12-26)11-19(25)21(28-20)27-16(10-14-6-2-1-3-7-14)13-29-22(30)17-8-4-5-9-18(17)23(29)31;1-13(11-14-7-3-2-4-8-14)12-19-17(20)15-9-5-6-10-16(15)18(19)21;18-13(10-12-6-2-1-3-7-12)11-19-16(20)14-8-4-5-9-15(14)17(19)21;1-2-13(8-11-6-4-3-5-7-11)20-16-14(18)9-12(10-19)15(17)21-16;16-14-11(8-18)7-13(17)15(21-14)20-12(9-19)6-10-4-2-1-3-5-10;1-10(9-14-15(2,12)13)8-11-6-4-3-5-7-11;1-9(8-11)7-10-5-3-2-4-6-10/h1-9,11,16H,10,13H2,(H,27,28);2-10,13H,11-12H2,1H3;1-9,13H,10-11,18H2;3-7,9,13H,2,8H2,1H3,(H,20,21);1-5,7,12H,6,9,19H2,(H,20,21);3-7,10H,8-9H2,1-2H3;2-6,9,11H,7-8H2,1H3/t16-;3*13-;12-;10-;9-/m1110111/s1. The lowest BCUT2D eigenvalue weighted by Gasteiger charge is -2.24.